The van der Waals surface area contributed by atoms with Crippen molar-refractivity contribution in [2.24, 2.45) is 17.3 Å². The summed E-state index contributed by atoms with van der Waals surface area (Å²) < 4.78 is 0. The SMILES string of the molecule is CC(C)C1CC(=O)N(CCCCCCC(C)(C)C=O)C1=O. The lowest BCUT2D eigenvalue weighted by molar-refractivity contribution is -0.139. The summed E-state index contributed by atoms with van der Waals surface area (Å²) in [5, 5.41) is 0. The van der Waals surface area contributed by atoms with Crippen molar-refractivity contribution in [3.05, 3.63) is 0 Å². The molecule has 0 aromatic carbocycles. The maximum atomic E-state index is 12.1. The number of nitrogens with zero attached hydrogens (tertiary/aromatic N) is 1. The third-order valence-electron chi connectivity index (χ3n) is 4.36. The van der Waals surface area contributed by atoms with Crippen LogP contribution in [0.2, 0.25) is 0 Å². The molecule has 2 amide bonds. The molecule has 0 aromatic rings. The van der Waals surface area contributed by atoms with Crippen LogP contribution in [-0.2, 0) is 14.4 Å². The molecule has 4 nitrogen and oxygen atoms in total. The van der Waals surface area contributed by atoms with Gasteiger partial charge in [0, 0.05) is 24.3 Å². The molecular formula is C17H29NO3. The van der Waals surface area contributed by atoms with Gasteiger partial charge in [0.05, 0.1) is 0 Å². The van der Waals surface area contributed by atoms with Gasteiger partial charge in [0.1, 0.15) is 6.29 Å². The topological polar surface area (TPSA) is 54.5 Å². The summed E-state index contributed by atoms with van der Waals surface area (Å²) in [7, 11) is 0. The molecule has 4 heteroatoms. The first-order valence-corrected chi connectivity index (χ1v) is 8.09. The minimum Gasteiger partial charge on any atom is -0.303 e. The van der Waals surface area contributed by atoms with Crippen LogP contribution >= 0.6 is 0 Å². The van der Waals surface area contributed by atoms with Crippen LogP contribution in [0.5, 0.6) is 0 Å². The fourth-order valence-corrected chi connectivity index (χ4v) is 2.73. The fraction of sp³-hybridized carbons (Fsp3) is 0.824. The van der Waals surface area contributed by atoms with Gasteiger partial charge in [-0.2, -0.15) is 0 Å². The summed E-state index contributed by atoms with van der Waals surface area (Å²) in [4.78, 5) is 36.2. The molecule has 1 saturated heterocycles. The Kier molecular flexibility index (Phi) is 6.56. The van der Waals surface area contributed by atoms with Crippen molar-refractivity contribution in [2.75, 3.05) is 6.54 Å². The first-order valence-electron chi connectivity index (χ1n) is 8.09. The van der Waals surface area contributed by atoms with Gasteiger partial charge in [-0.25, -0.2) is 0 Å². The standard InChI is InChI=1S/C17H29NO3/c1-13(2)14-11-15(20)18(16(14)21)10-8-6-5-7-9-17(3,4)12-19/h12-14H,5-11H2,1-4H3. The van der Waals surface area contributed by atoms with Gasteiger partial charge in [-0.15, -0.1) is 0 Å². The number of likely N-dealkylation sites (tertiary alicyclic amines) is 1. The molecule has 0 spiro atoms. The number of hydrogen-bond acceptors (Lipinski definition) is 3. The maximum Gasteiger partial charge on any atom is 0.233 e. The molecular weight excluding hydrogens is 266 g/mol. The number of imide groups is 1. The van der Waals surface area contributed by atoms with Crippen LogP contribution in [-0.4, -0.2) is 29.5 Å². The van der Waals surface area contributed by atoms with Crippen LogP contribution < -0.4 is 0 Å². The summed E-state index contributed by atoms with van der Waals surface area (Å²) in [6.07, 6.45) is 6.21. The Labute approximate surface area is 128 Å². The Hall–Kier alpha value is -1.19. The zero-order valence-electron chi connectivity index (χ0n) is 13.9. The summed E-state index contributed by atoms with van der Waals surface area (Å²) >= 11 is 0. The number of carbonyl (C=O) groups is 3. The second kappa shape index (κ2) is 7.71. The summed E-state index contributed by atoms with van der Waals surface area (Å²) in [6.45, 7) is 8.45. The Morgan fingerprint density at radius 2 is 1.81 bits per heavy atom. The highest BCUT2D eigenvalue weighted by Crippen LogP contribution is 2.27. The van der Waals surface area contributed by atoms with Gasteiger partial charge >= 0.3 is 0 Å². The van der Waals surface area contributed by atoms with Crippen LogP contribution in [0.3, 0.4) is 0 Å². The van der Waals surface area contributed by atoms with E-state index in [1.165, 1.54) is 4.90 Å². The van der Waals surface area contributed by atoms with Gasteiger partial charge in [0.25, 0.3) is 0 Å². The van der Waals surface area contributed by atoms with E-state index in [1.54, 1.807) is 0 Å². The molecule has 0 aromatic heterocycles. The lowest BCUT2D eigenvalue weighted by Crippen LogP contribution is -2.32. The Balaban J connectivity index is 2.23. The van der Waals surface area contributed by atoms with Gasteiger partial charge in [0.15, 0.2) is 0 Å². The number of carbonyl (C=O) groups excluding carboxylic acids is 3. The molecule has 1 fully saturated rings. The summed E-state index contributed by atoms with van der Waals surface area (Å²) in [6, 6.07) is 0. The van der Waals surface area contributed by atoms with Crippen molar-refractivity contribution in [3.8, 4) is 0 Å². The van der Waals surface area contributed by atoms with Crippen molar-refractivity contribution in [1.29, 1.82) is 0 Å². The van der Waals surface area contributed by atoms with Gasteiger partial charge in [0.2, 0.25) is 11.8 Å². The second-order valence-corrected chi connectivity index (χ2v) is 7.21. The normalized spacial score (nSPS) is 19.7. The first-order chi connectivity index (χ1) is 9.78. The lowest BCUT2D eigenvalue weighted by atomic mass is 9.89. The Morgan fingerprint density at radius 3 is 2.33 bits per heavy atom. The number of rotatable bonds is 9. The first kappa shape index (κ1) is 17.9. The average molecular weight is 295 g/mol. The Morgan fingerprint density at radius 1 is 1.19 bits per heavy atom. The average Bonchev–Trinajstić information content (AvgIpc) is 2.70. The quantitative estimate of drug-likeness (QED) is 0.373. The minimum atomic E-state index is -0.231. The molecule has 1 heterocycles. The van der Waals surface area contributed by atoms with Crippen LogP contribution in [0.15, 0.2) is 0 Å². The van der Waals surface area contributed by atoms with E-state index < -0.39 is 0 Å². The molecule has 0 bridgehead atoms. The van der Waals surface area contributed by atoms with Crippen molar-refractivity contribution >= 4 is 18.1 Å². The Bertz CT molecular complexity index is 387. The molecule has 0 radical (unpaired) electrons. The molecule has 21 heavy (non-hydrogen) atoms. The number of aldehydes is 1. The molecule has 1 unspecified atom stereocenters. The summed E-state index contributed by atoms with van der Waals surface area (Å²) in [5.74, 6) is 0.112. The van der Waals surface area contributed by atoms with Crippen molar-refractivity contribution in [2.45, 2.75) is 66.2 Å². The summed E-state index contributed by atoms with van der Waals surface area (Å²) in [5.41, 5.74) is -0.231. The zero-order valence-corrected chi connectivity index (χ0v) is 13.9. The van der Waals surface area contributed by atoms with E-state index >= 15 is 0 Å². The van der Waals surface area contributed by atoms with Gasteiger partial charge < -0.3 is 4.79 Å². The predicted octanol–water partition coefficient (Wildman–Crippen LogP) is 3.19. The number of hydrogen-bond donors (Lipinski definition) is 0. The highest BCUT2D eigenvalue weighted by Gasteiger charge is 2.39. The minimum absolute atomic E-state index is 0.0112. The fourth-order valence-electron chi connectivity index (χ4n) is 2.73. The smallest absolute Gasteiger partial charge is 0.233 e. The molecule has 1 atom stereocenters. The molecule has 0 aliphatic carbocycles. The molecule has 120 valence electrons. The number of unbranched alkanes of at least 4 members (excludes halogenated alkanes) is 3. The highest BCUT2D eigenvalue weighted by molar-refractivity contribution is 6.03. The van der Waals surface area contributed by atoms with Crippen molar-refractivity contribution in [3.63, 3.8) is 0 Å². The van der Waals surface area contributed by atoms with Crippen LogP contribution in [0.1, 0.15) is 66.2 Å². The van der Waals surface area contributed by atoms with E-state index in [9.17, 15) is 14.4 Å². The monoisotopic (exact) mass is 295 g/mol. The molecule has 1 aliphatic heterocycles. The van der Waals surface area contributed by atoms with Crippen molar-refractivity contribution in [1.82, 2.24) is 4.90 Å². The molecule has 0 saturated carbocycles. The van der Waals surface area contributed by atoms with Crippen LogP contribution in [0.4, 0.5) is 0 Å². The largest absolute Gasteiger partial charge is 0.303 e. The molecule has 1 aliphatic rings. The predicted molar refractivity (Wildman–Crippen MR) is 82.6 cm³/mol. The van der Waals surface area contributed by atoms with Crippen molar-refractivity contribution < 1.29 is 14.4 Å². The third kappa shape index (κ3) is 5.25. The van der Waals surface area contributed by atoms with Gasteiger partial charge in [-0.05, 0) is 18.8 Å². The van der Waals surface area contributed by atoms with Gasteiger partial charge in [-0.1, -0.05) is 47.0 Å². The molecule has 0 N–H and O–H groups in total. The van der Waals surface area contributed by atoms with Crippen LogP contribution in [0.25, 0.3) is 0 Å². The third-order valence-corrected chi connectivity index (χ3v) is 4.36. The number of amides is 2. The van der Waals surface area contributed by atoms with E-state index in [0.29, 0.717) is 13.0 Å². The second-order valence-electron chi connectivity index (χ2n) is 7.21. The van der Waals surface area contributed by atoms with Gasteiger partial charge in [-0.3, -0.25) is 14.5 Å². The molecule has 1 rings (SSSR count). The van der Waals surface area contributed by atoms with E-state index in [2.05, 4.69) is 0 Å². The highest BCUT2D eigenvalue weighted by atomic mass is 16.2. The van der Waals surface area contributed by atoms with E-state index in [1.807, 2.05) is 27.7 Å². The zero-order chi connectivity index (χ0) is 16.0. The van der Waals surface area contributed by atoms with E-state index in [4.69, 9.17) is 0 Å². The maximum absolute atomic E-state index is 12.1. The lowest BCUT2D eigenvalue weighted by Gasteiger charge is -2.17. The van der Waals surface area contributed by atoms with Crippen LogP contribution in [0, 0.1) is 17.3 Å². The van der Waals surface area contributed by atoms with E-state index in [0.717, 1.165) is 38.4 Å². The van der Waals surface area contributed by atoms with E-state index in [-0.39, 0.29) is 29.1 Å².